The van der Waals surface area contributed by atoms with Crippen molar-refractivity contribution in [3.8, 4) is 0 Å². The standard InChI is InChI=1S/C28H51NO8/c1-2-3-4-5-6-7-8-9-10-11-15-32-17-19-34-21-23-36-25-26-37-24-22-35-20-18-33-16-14-29-27(30)12-13-28(29)31/h12-13H,2-11,14-26H2,1H3. The first-order chi connectivity index (χ1) is 18.3. The third kappa shape index (κ3) is 21.3. The van der Waals surface area contributed by atoms with Crippen molar-refractivity contribution in [2.75, 3.05) is 85.8 Å². The summed E-state index contributed by atoms with van der Waals surface area (Å²) in [5, 5.41) is 0. The Bertz CT molecular complexity index is 554. The molecule has 1 aliphatic rings. The Hall–Kier alpha value is -1.36. The van der Waals surface area contributed by atoms with Gasteiger partial charge >= 0.3 is 0 Å². The second kappa shape index (κ2) is 26.3. The van der Waals surface area contributed by atoms with Crippen LogP contribution in [0, 0.1) is 0 Å². The van der Waals surface area contributed by atoms with Gasteiger partial charge in [0.15, 0.2) is 0 Å². The smallest absolute Gasteiger partial charge is 0.253 e. The van der Waals surface area contributed by atoms with Crippen molar-refractivity contribution in [3.63, 3.8) is 0 Å². The van der Waals surface area contributed by atoms with E-state index >= 15 is 0 Å². The van der Waals surface area contributed by atoms with Crippen molar-refractivity contribution in [2.45, 2.75) is 71.1 Å². The average Bonchev–Trinajstić information content (AvgIpc) is 3.22. The maximum absolute atomic E-state index is 11.4. The average molecular weight is 530 g/mol. The Morgan fingerprint density at radius 3 is 1.19 bits per heavy atom. The number of hydrogen-bond donors (Lipinski definition) is 0. The molecule has 2 amide bonds. The molecule has 0 radical (unpaired) electrons. The zero-order valence-electron chi connectivity index (χ0n) is 23.1. The van der Waals surface area contributed by atoms with Gasteiger partial charge in [0.05, 0.1) is 79.2 Å². The lowest BCUT2D eigenvalue weighted by Gasteiger charge is -2.13. The highest BCUT2D eigenvalue weighted by atomic mass is 16.6. The number of imide groups is 1. The first-order valence-corrected chi connectivity index (χ1v) is 14.3. The van der Waals surface area contributed by atoms with Crippen LogP contribution in [0.15, 0.2) is 12.2 Å². The summed E-state index contributed by atoms with van der Waals surface area (Å²) in [7, 11) is 0. The fourth-order valence-corrected chi connectivity index (χ4v) is 3.70. The van der Waals surface area contributed by atoms with Crippen LogP contribution in [0.5, 0.6) is 0 Å². The molecule has 0 fully saturated rings. The zero-order chi connectivity index (χ0) is 26.7. The highest BCUT2D eigenvalue weighted by Gasteiger charge is 2.22. The minimum Gasteiger partial charge on any atom is -0.379 e. The van der Waals surface area contributed by atoms with E-state index in [1.165, 1.54) is 69.9 Å². The van der Waals surface area contributed by atoms with Crippen LogP contribution in [0.25, 0.3) is 0 Å². The Kier molecular flexibility index (Phi) is 23.9. The Morgan fingerprint density at radius 1 is 0.459 bits per heavy atom. The summed E-state index contributed by atoms with van der Waals surface area (Å²) in [6.07, 6.45) is 15.9. The highest BCUT2D eigenvalue weighted by molar-refractivity contribution is 6.12. The van der Waals surface area contributed by atoms with Crippen LogP contribution >= 0.6 is 0 Å². The Balaban J connectivity index is 1.64. The second-order valence-corrected chi connectivity index (χ2v) is 9.02. The number of amides is 2. The largest absolute Gasteiger partial charge is 0.379 e. The highest BCUT2D eigenvalue weighted by Crippen LogP contribution is 2.10. The van der Waals surface area contributed by atoms with Crippen LogP contribution in [0.3, 0.4) is 0 Å². The molecule has 0 aromatic heterocycles. The van der Waals surface area contributed by atoms with Crippen LogP contribution in [-0.2, 0) is 38.0 Å². The molecule has 0 aliphatic carbocycles. The van der Waals surface area contributed by atoms with Crippen LogP contribution in [-0.4, -0.2) is 103 Å². The van der Waals surface area contributed by atoms with Crippen LogP contribution < -0.4 is 0 Å². The minimum absolute atomic E-state index is 0.256. The van der Waals surface area contributed by atoms with Gasteiger partial charge in [0.25, 0.3) is 11.8 Å². The maximum Gasteiger partial charge on any atom is 0.253 e. The van der Waals surface area contributed by atoms with Gasteiger partial charge < -0.3 is 28.4 Å². The van der Waals surface area contributed by atoms with Gasteiger partial charge in [-0.2, -0.15) is 0 Å². The fraction of sp³-hybridized carbons (Fsp3) is 0.857. The van der Waals surface area contributed by atoms with Gasteiger partial charge in [-0.25, -0.2) is 0 Å². The first kappa shape index (κ1) is 33.7. The summed E-state index contributed by atoms with van der Waals surface area (Å²) in [6, 6.07) is 0. The molecule has 0 bridgehead atoms. The fourth-order valence-electron chi connectivity index (χ4n) is 3.70. The molecule has 37 heavy (non-hydrogen) atoms. The van der Waals surface area contributed by atoms with Crippen LogP contribution in [0.2, 0.25) is 0 Å². The van der Waals surface area contributed by atoms with Crippen molar-refractivity contribution in [1.82, 2.24) is 4.90 Å². The Morgan fingerprint density at radius 2 is 0.784 bits per heavy atom. The van der Waals surface area contributed by atoms with E-state index in [1.807, 2.05) is 0 Å². The number of carbonyl (C=O) groups is 2. The summed E-state index contributed by atoms with van der Waals surface area (Å²) in [5.41, 5.74) is 0. The van der Waals surface area contributed by atoms with Gasteiger partial charge in [-0.1, -0.05) is 64.7 Å². The summed E-state index contributed by atoms with van der Waals surface area (Å²) >= 11 is 0. The molecule has 1 heterocycles. The lowest BCUT2D eigenvalue weighted by molar-refractivity contribution is -0.137. The van der Waals surface area contributed by atoms with Gasteiger partial charge in [-0.05, 0) is 6.42 Å². The molecule has 1 rings (SSSR count). The molecular weight excluding hydrogens is 478 g/mol. The molecule has 0 aromatic rings. The molecule has 0 N–H and O–H groups in total. The molecule has 0 saturated carbocycles. The van der Waals surface area contributed by atoms with Crippen molar-refractivity contribution in [2.24, 2.45) is 0 Å². The maximum atomic E-state index is 11.4. The molecule has 9 nitrogen and oxygen atoms in total. The number of hydrogen-bond acceptors (Lipinski definition) is 8. The van der Waals surface area contributed by atoms with E-state index in [9.17, 15) is 9.59 Å². The number of ether oxygens (including phenoxy) is 6. The predicted octanol–water partition coefficient (Wildman–Crippen LogP) is 3.93. The topological polar surface area (TPSA) is 92.8 Å². The normalized spacial score (nSPS) is 13.4. The lowest BCUT2D eigenvalue weighted by atomic mass is 10.1. The quantitative estimate of drug-likeness (QED) is 0.106. The summed E-state index contributed by atoms with van der Waals surface area (Å²) < 4.78 is 32.8. The van der Waals surface area contributed by atoms with Crippen LogP contribution in [0.1, 0.15) is 71.1 Å². The van der Waals surface area contributed by atoms with Gasteiger partial charge in [0.1, 0.15) is 0 Å². The molecule has 0 saturated heterocycles. The van der Waals surface area contributed by atoms with Crippen molar-refractivity contribution in [3.05, 3.63) is 12.2 Å². The number of rotatable bonds is 29. The SMILES string of the molecule is CCCCCCCCCCCCOCCOCCOCCOCCOCCOCCN1C(=O)C=CC1=O. The third-order valence-electron chi connectivity index (χ3n) is 5.86. The Labute approximate surface area is 224 Å². The van der Waals surface area contributed by atoms with Gasteiger partial charge in [-0.3, -0.25) is 14.5 Å². The van der Waals surface area contributed by atoms with E-state index in [1.54, 1.807) is 0 Å². The summed E-state index contributed by atoms with van der Waals surface area (Å²) in [6.45, 7) is 8.79. The van der Waals surface area contributed by atoms with E-state index in [0.29, 0.717) is 72.7 Å². The monoisotopic (exact) mass is 529 g/mol. The number of nitrogens with zero attached hydrogens (tertiary/aromatic N) is 1. The summed E-state index contributed by atoms with van der Waals surface area (Å²) in [4.78, 5) is 23.9. The molecule has 0 spiro atoms. The second-order valence-electron chi connectivity index (χ2n) is 9.02. The van der Waals surface area contributed by atoms with E-state index in [2.05, 4.69) is 6.92 Å². The zero-order valence-corrected chi connectivity index (χ0v) is 23.1. The predicted molar refractivity (Wildman–Crippen MR) is 143 cm³/mol. The van der Waals surface area contributed by atoms with Gasteiger partial charge in [0, 0.05) is 18.8 Å². The van der Waals surface area contributed by atoms with E-state index in [4.69, 9.17) is 28.4 Å². The third-order valence-corrected chi connectivity index (χ3v) is 5.86. The van der Waals surface area contributed by atoms with Crippen molar-refractivity contribution in [1.29, 1.82) is 0 Å². The number of carbonyl (C=O) groups excluding carboxylic acids is 2. The molecule has 1 aliphatic heterocycles. The first-order valence-electron chi connectivity index (χ1n) is 14.3. The van der Waals surface area contributed by atoms with Crippen molar-refractivity contribution < 1.29 is 38.0 Å². The van der Waals surface area contributed by atoms with Gasteiger partial charge in [-0.15, -0.1) is 0 Å². The summed E-state index contributed by atoms with van der Waals surface area (Å²) in [5.74, 6) is -0.587. The molecule has 0 unspecified atom stereocenters. The molecule has 216 valence electrons. The van der Waals surface area contributed by atoms with E-state index in [-0.39, 0.29) is 18.4 Å². The van der Waals surface area contributed by atoms with E-state index in [0.717, 1.165) is 17.9 Å². The molecular formula is C28H51NO8. The van der Waals surface area contributed by atoms with Gasteiger partial charge in [0.2, 0.25) is 0 Å². The van der Waals surface area contributed by atoms with Crippen LogP contribution in [0.4, 0.5) is 0 Å². The van der Waals surface area contributed by atoms with E-state index < -0.39 is 0 Å². The molecule has 0 atom stereocenters. The number of unbranched alkanes of at least 4 members (excludes halogenated alkanes) is 9. The van der Waals surface area contributed by atoms with Crippen molar-refractivity contribution >= 4 is 11.8 Å². The molecule has 0 aromatic carbocycles. The molecule has 9 heteroatoms. The minimum atomic E-state index is -0.293. The lowest BCUT2D eigenvalue weighted by Crippen LogP contribution is -2.33.